The maximum Gasteiger partial charge on any atom is 0.244 e. The molecule has 1 N–H and O–H groups in total. The van der Waals surface area contributed by atoms with Gasteiger partial charge >= 0.3 is 0 Å². The van der Waals surface area contributed by atoms with E-state index in [2.05, 4.69) is 5.32 Å². The lowest BCUT2D eigenvalue weighted by Gasteiger charge is -2.30. The average molecular weight is 457 g/mol. The molecule has 0 aliphatic rings. The minimum absolute atomic E-state index is 0.244. The molecule has 0 spiro atoms. The fourth-order valence-electron chi connectivity index (χ4n) is 3.58. The first-order valence-corrected chi connectivity index (χ1v) is 12.2. The summed E-state index contributed by atoms with van der Waals surface area (Å²) in [5.74, 6) is 0.857. The molecule has 0 bridgehead atoms. The maximum atomic E-state index is 12.9. The van der Waals surface area contributed by atoms with E-state index in [1.807, 2.05) is 42.5 Å². The molecular weight excluding hydrogens is 428 g/mol. The van der Waals surface area contributed by atoms with Crippen LogP contribution in [0.25, 0.3) is 10.8 Å². The van der Waals surface area contributed by atoms with Crippen LogP contribution in [0.5, 0.6) is 11.5 Å². The molecule has 3 aromatic carbocycles. The van der Waals surface area contributed by atoms with Gasteiger partial charge in [0.25, 0.3) is 0 Å². The number of hydrogen-bond acceptors (Lipinski definition) is 5. The van der Waals surface area contributed by atoms with Gasteiger partial charge in [-0.1, -0.05) is 49.4 Å². The number of methoxy groups -OCH3 is 1. The van der Waals surface area contributed by atoms with Gasteiger partial charge in [0.2, 0.25) is 15.9 Å². The normalized spacial score (nSPS) is 12.2. The molecule has 7 nitrogen and oxygen atoms in total. The highest BCUT2D eigenvalue weighted by Gasteiger charge is 2.31. The van der Waals surface area contributed by atoms with Crippen LogP contribution in [0.4, 0.5) is 5.69 Å². The van der Waals surface area contributed by atoms with Gasteiger partial charge in [0.1, 0.15) is 24.1 Å². The van der Waals surface area contributed by atoms with Gasteiger partial charge in [-0.25, -0.2) is 8.42 Å². The van der Waals surface area contributed by atoms with Crippen LogP contribution >= 0.6 is 0 Å². The molecule has 0 radical (unpaired) electrons. The summed E-state index contributed by atoms with van der Waals surface area (Å²) >= 11 is 0. The first kappa shape index (κ1) is 23.4. The number of ether oxygens (including phenoxy) is 2. The van der Waals surface area contributed by atoms with Crippen LogP contribution in [0.1, 0.15) is 13.3 Å². The highest BCUT2D eigenvalue weighted by Crippen LogP contribution is 2.27. The first-order chi connectivity index (χ1) is 15.3. The van der Waals surface area contributed by atoms with Gasteiger partial charge in [0.15, 0.2) is 0 Å². The van der Waals surface area contributed by atoms with Crippen LogP contribution in [-0.2, 0) is 14.8 Å². The molecule has 0 saturated carbocycles. The van der Waals surface area contributed by atoms with Crippen LogP contribution in [0.2, 0.25) is 0 Å². The van der Waals surface area contributed by atoms with Crippen LogP contribution in [0, 0.1) is 0 Å². The van der Waals surface area contributed by atoms with Gasteiger partial charge in [-0.3, -0.25) is 9.10 Å². The van der Waals surface area contributed by atoms with E-state index in [0.29, 0.717) is 17.9 Å². The second kappa shape index (κ2) is 10.4. The molecule has 0 aromatic heterocycles. The lowest BCUT2D eigenvalue weighted by Crippen LogP contribution is -2.50. The van der Waals surface area contributed by atoms with Crippen LogP contribution in [0.15, 0.2) is 66.7 Å². The van der Waals surface area contributed by atoms with E-state index >= 15 is 0 Å². The number of benzene rings is 3. The van der Waals surface area contributed by atoms with Crippen LogP contribution < -0.4 is 19.1 Å². The number of hydrogen-bond donors (Lipinski definition) is 1. The van der Waals surface area contributed by atoms with Crippen molar-refractivity contribution < 1.29 is 22.7 Å². The summed E-state index contributed by atoms with van der Waals surface area (Å²) in [6.07, 6.45) is 1.40. The Balaban J connectivity index is 1.68. The van der Waals surface area contributed by atoms with E-state index in [1.54, 1.807) is 31.2 Å². The van der Waals surface area contributed by atoms with Crippen molar-refractivity contribution in [3.63, 3.8) is 0 Å². The maximum absolute atomic E-state index is 12.9. The van der Waals surface area contributed by atoms with Gasteiger partial charge < -0.3 is 14.8 Å². The number of fused-ring (bicyclic) bond motifs is 1. The van der Waals surface area contributed by atoms with E-state index in [0.717, 1.165) is 27.1 Å². The summed E-state index contributed by atoms with van der Waals surface area (Å²) in [6.45, 7) is 2.28. The number of amides is 1. The Bertz CT molecular complexity index is 1170. The van der Waals surface area contributed by atoms with Gasteiger partial charge in [-0.2, -0.15) is 0 Å². The van der Waals surface area contributed by atoms with Gasteiger partial charge in [-0.05, 0) is 30.0 Å². The second-order valence-corrected chi connectivity index (χ2v) is 9.16. The smallest absolute Gasteiger partial charge is 0.244 e. The van der Waals surface area contributed by atoms with E-state index in [-0.39, 0.29) is 19.1 Å². The lowest BCUT2D eigenvalue weighted by molar-refractivity contribution is -0.122. The van der Waals surface area contributed by atoms with E-state index in [4.69, 9.17) is 9.47 Å². The largest absolute Gasteiger partial charge is 0.497 e. The molecule has 170 valence electrons. The second-order valence-electron chi connectivity index (χ2n) is 7.30. The van der Waals surface area contributed by atoms with Crippen molar-refractivity contribution in [2.24, 2.45) is 0 Å². The monoisotopic (exact) mass is 456 g/mol. The summed E-state index contributed by atoms with van der Waals surface area (Å²) in [7, 11) is -2.21. The molecule has 1 atom stereocenters. The highest BCUT2D eigenvalue weighted by atomic mass is 32.2. The molecular formula is C24H28N2O5S. The van der Waals surface area contributed by atoms with Crippen molar-refractivity contribution in [3.8, 4) is 11.5 Å². The molecule has 32 heavy (non-hydrogen) atoms. The molecule has 3 rings (SSSR count). The van der Waals surface area contributed by atoms with Gasteiger partial charge in [0.05, 0.1) is 25.6 Å². The highest BCUT2D eigenvalue weighted by molar-refractivity contribution is 7.92. The quantitative estimate of drug-likeness (QED) is 0.471. The Morgan fingerprint density at radius 1 is 1.06 bits per heavy atom. The number of nitrogens with zero attached hydrogens (tertiary/aromatic N) is 1. The number of rotatable bonds is 10. The standard InChI is InChI=1S/C24H28N2O5S/c1-4-22(26(32(3,28)29)19-11-8-12-20(17-19)30-2)24(27)25-15-16-31-23-14-7-10-18-9-5-6-13-21(18)23/h5-14,17,22H,4,15-16H2,1-3H3,(H,25,27)/t22-/m0/s1. The van der Waals surface area contributed by atoms with Crippen molar-refractivity contribution in [2.45, 2.75) is 19.4 Å². The fourth-order valence-corrected chi connectivity index (χ4v) is 4.79. The lowest BCUT2D eigenvalue weighted by atomic mass is 10.1. The summed E-state index contributed by atoms with van der Waals surface area (Å²) < 4.78 is 37.3. The first-order valence-electron chi connectivity index (χ1n) is 10.4. The third kappa shape index (κ3) is 5.50. The number of carbonyl (C=O) groups is 1. The Hall–Kier alpha value is -3.26. The molecule has 0 heterocycles. The van der Waals surface area contributed by atoms with Gasteiger partial charge in [-0.15, -0.1) is 0 Å². The van der Waals surface area contributed by atoms with Crippen molar-refractivity contribution in [3.05, 3.63) is 66.7 Å². The molecule has 0 unspecified atom stereocenters. The number of sulfonamides is 1. The molecule has 3 aromatic rings. The van der Waals surface area contributed by atoms with Crippen LogP contribution in [0.3, 0.4) is 0 Å². The third-order valence-corrected chi connectivity index (χ3v) is 6.23. The minimum atomic E-state index is -3.71. The summed E-state index contributed by atoms with van der Waals surface area (Å²) in [5.41, 5.74) is 0.376. The summed E-state index contributed by atoms with van der Waals surface area (Å²) in [6, 6.07) is 19.5. The Kier molecular flexibility index (Phi) is 7.58. The average Bonchev–Trinajstić information content (AvgIpc) is 2.79. The zero-order valence-corrected chi connectivity index (χ0v) is 19.3. The fraction of sp³-hybridized carbons (Fsp3) is 0.292. The summed E-state index contributed by atoms with van der Waals surface area (Å²) in [4.78, 5) is 12.9. The minimum Gasteiger partial charge on any atom is -0.497 e. The molecule has 1 amide bonds. The number of nitrogens with one attached hydrogen (secondary N) is 1. The molecule has 0 aliphatic heterocycles. The molecule has 0 fully saturated rings. The van der Waals surface area contributed by atoms with Crippen molar-refractivity contribution >= 4 is 32.4 Å². The van der Waals surface area contributed by atoms with Crippen LogP contribution in [-0.4, -0.2) is 46.9 Å². The van der Waals surface area contributed by atoms with Crippen molar-refractivity contribution in [2.75, 3.05) is 30.8 Å². The molecule has 0 aliphatic carbocycles. The molecule has 8 heteroatoms. The van der Waals surface area contributed by atoms with E-state index in [1.165, 1.54) is 7.11 Å². The Morgan fingerprint density at radius 2 is 1.78 bits per heavy atom. The van der Waals surface area contributed by atoms with Gasteiger partial charge in [0, 0.05) is 11.5 Å². The topological polar surface area (TPSA) is 84.9 Å². The zero-order valence-electron chi connectivity index (χ0n) is 18.4. The Morgan fingerprint density at radius 3 is 2.50 bits per heavy atom. The predicted molar refractivity (Wildman–Crippen MR) is 127 cm³/mol. The summed E-state index contributed by atoms with van der Waals surface area (Å²) in [5, 5.41) is 4.87. The van der Waals surface area contributed by atoms with E-state index in [9.17, 15) is 13.2 Å². The number of carbonyl (C=O) groups excluding carboxylic acids is 1. The predicted octanol–water partition coefficient (Wildman–Crippen LogP) is 3.59. The van der Waals surface area contributed by atoms with E-state index < -0.39 is 16.1 Å². The number of anilines is 1. The molecule has 0 saturated heterocycles. The SMILES string of the molecule is CC[C@@H](C(=O)NCCOc1cccc2ccccc12)N(c1cccc(OC)c1)S(C)(=O)=O. The Labute approximate surface area is 189 Å². The van der Waals surface area contributed by atoms with Crippen molar-refractivity contribution in [1.29, 1.82) is 0 Å². The van der Waals surface area contributed by atoms with Crippen molar-refractivity contribution in [1.82, 2.24) is 5.32 Å². The zero-order chi connectivity index (χ0) is 23.1. The third-order valence-electron chi connectivity index (χ3n) is 5.05.